The quantitative estimate of drug-likeness (QED) is 0.390. The normalized spacial score (nSPS) is 17.4. The van der Waals surface area contributed by atoms with E-state index in [-0.39, 0.29) is 5.97 Å². The minimum Gasteiger partial charge on any atom is -0.462 e. The van der Waals surface area contributed by atoms with Gasteiger partial charge in [-0.25, -0.2) is 4.79 Å². The van der Waals surface area contributed by atoms with Crippen molar-refractivity contribution in [1.29, 1.82) is 0 Å². The molecule has 0 aromatic rings. The first-order valence-electron chi connectivity index (χ1n) is 6.64. The van der Waals surface area contributed by atoms with E-state index in [1.54, 1.807) is 7.11 Å². The molecule has 0 radical (unpaired) electrons. The molecule has 0 amide bonds. The molecule has 0 aromatic carbocycles. The summed E-state index contributed by atoms with van der Waals surface area (Å²) in [6.45, 7) is 2.96. The number of methoxy groups -OCH3 is 1. The number of ether oxygens (including phenoxy) is 2. The lowest BCUT2D eigenvalue weighted by molar-refractivity contribution is -0.139. The Morgan fingerprint density at radius 2 is 2.06 bits per heavy atom. The zero-order valence-electron chi connectivity index (χ0n) is 11.0. The molecule has 1 fully saturated rings. The summed E-state index contributed by atoms with van der Waals surface area (Å²) in [5.74, 6) is 0.339. The smallest absolute Gasteiger partial charge is 0.336 e. The highest BCUT2D eigenvalue weighted by Gasteiger charge is 2.17. The third kappa shape index (κ3) is 5.35. The summed E-state index contributed by atoms with van der Waals surface area (Å²) in [4.78, 5) is 11.8. The third-order valence-electron chi connectivity index (χ3n) is 3.13. The second kappa shape index (κ2) is 8.29. The van der Waals surface area contributed by atoms with E-state index in [9.17, 15) is 4.79 Å². The number of unbranched alkanes of at least 4 members (excludes halogenated alkanes) is 1. The van der Waals surface area contributed by atoms with E-state index >= 15 is 0 Å². The Morgan fingerprint density at radius 1 is 1.35 bits per heavy atom. The van der Waals surface area contributed by atoms with Gasteiger partial charge < -0.3 is 9.47 Å². The molecule has 1 aliphatic carbocycles. The second-order valence-electron chi connectivity index (χ2n) is 4.66. The minimum absolute atomic E-state index is 0.202. The van der Waals surface area contributed by atoms with Crippen molar-refractivity contribution in [2.45, 2.75) is 45.4 Å². The molecule has 0 unspecified atom stereocenters. The summed E-state index contributed by atoms with van der Waals surface area (Å²) < 4.78 is 10.3. The molecule has 0 N–H and O–H groups in total. The number of rotatable bonds is 7. The number of carbonyl (C=O) groups is 1. The maximum absolute atomic E-state index is 11.8. The van der Waals surface area contributed by atoms with Crippen LogP contribution in [0, 0.1) is 5.92 Å². The highest BCUT2D eigenvalue weighted by atomic mass is 16.5. The molecule has 1 rings (SSSR count). The fraction of sp³-hybridized carbons (Fsp3) is 0.786. The minimum atomic E-state index is -0.202. The van der Waals surface area contributed by atoms with Gasteiger partial charge in [0, 0.05) is 7.11 Å². The summed E-state index contributed by atoms with van der Waals surface area (Å²) in [5, 5.41) is 0. The van der Waals surface area contributed by atoms with Crippen molar-refractivity contribution in [3.63, 3.8) is 0 Å². The maximum Gasteiger partial charge on any atom is 0.336 e. The standard InChI is InChI=1S/C14H24O3/c1-3-4-9-17-14(15)13(11-16-2)10-12-7-5-6-8-12/h10,12H,3-9,11H2,1-2H3. The van der Waals surface area contributed by atoms with Crippen molar-refractivity contribution >= 4 is 5.97 Å². The first-order valence-corrected chi connectivity index (χ1v) is 6.64. The zero-order chi connectivity index (χ0) is 12.5. The van der Waals surface area contributed by atoms with E-state index < -0.39 is 0 Å². The molecule has 3 heteroatoms. The van der Waals surface area contributed by atoms with Gasteiger partial charge in [0.1, 0.15) is 0 Å². The number of esters is 1. The van der Waals surface area contributed by atoms with E-state index in [0.717, 1.165) is 12.8 Å². The third-order valence-corrected chi connectivity index (χ3v) is 3.13. The average molecular weight is 240 g/mol. The first-order chi connectivity index (χ1) is 8.27. The average Bonchev–Trinajstić information content (AvgIpc) is 2.81. The van der Waals surface area contributed by atoms with Gasteiger partial charge in [-0.15, -0.1) is 0 Å². The van der Waals surface area contributed by atoms with E-state index in [4.69, 9.17) is 9.47 Å². The Kier molecular flexibility index (Phi) is 6.94. The first kappa shape index (κ1) is 14.2. The van der Waals surface area contributed by atoms with Gasteiger partial charge in [-0.05, 0) is 25.2 Å². The Hall–Kier alpha value is -0.830. The van der Waals surface area contributed by atoms with Gasteiger partial charge in [-0.1, -0.05) is 32.3 Å². The lowest BCUT2D eigenvalue weighted by atomic mass is 10.0. The van der Waals surface area contributed by atoms with Gasteiger partial charge in [-0.3, -0.25) is 0 Å². The van der Waals surface area contributed by atoms with Gasteiger partial charge in [0.2, 0.25) is 0 Å². The van der Waals surface area contributed by atoms with Crippen LogP contribution in [0.5, 0.6) is 0 Å². The lowest BCUT2D eigenvalue weighted by Crippen LogP contribution is -2.14. The Bertz CT molecular complexity index is 252. The fourth-order valence-electron chi connectivity index (χ4n) is 2.14. The van der Waals surface area contributed by atoms with Gasteiger partial charge in [-0.2, -0.15) is 0 Å². The van der Waals surface area contributed by atoms with Crippen molar-refractivity contribution in [3.05, 3.63) is 11.6 Å². The molecule has 1 aliphatic rings. The summed E-state index contributed by atoms with van der Waals surface area (Å²) in [7, 11) is 1.61. The molecule has 0 aliphatic heterocycles. The molecule has 1 saturated carbocycles. The van der Waals surface area contributed by atoms with Crippen molar-refractivity contribution in [1.82, 2.24) is 0 Å². The molecular weight excluding hydrogens is 216 g/mol. The molecular formula is C14H24O3. The van der Waals surface area contributed by atoms with E-state index in [0.29, 0.717) is 24.7 Å². The van der Waals surface area contributed by atoms with Crippen molar-refractivity contribution in [3.8, 4) is 0 Å². The van der Waals surface area contributed by atoms with Crippen LogP contribution in [-0.4, -0.2) is 26.3 Å². The summed E-state index contributed by atoms with van der Waals surface area (Å²) in [6, 6.07) is 0. The van der Waals surface area contributed by atoms with E-state index in [1.165, 1.54) is 25.7 Å². The monoisotopic (exact) mass is 240 g/mol. The predicted octanol–water partition coefficient (Wildman–Crippen LogP) is 3.09. The van der Waals surface area contributed by atoms with Crippen LogP contribution in [-0.2, 0) is 14.3 Å². The molecule has 0 heterocycles. The predicted molar refractivity (Wildman–Crippen MR) is 67.8 cm³/mol. The van der Waals surface area contributed by atoms with Gasteiger partial charge in [0.15, 0.2) is 0 Å². The van der Waals surface area contributed by atoms with Gasteiger partial charge in [0.05, 0.1) is 18.8 Å². The van der Waals surface area contributed by atoms with Crippen LogP contribution < -0.4 is 0 Å². The molecule has 17 heavy (non-hydrogen) atoms. The summed E-state index contributed by atoms with van der Waals surface area (Å²) in [6.07, 6.45) is 8.95. The van der Waals surface area contributed by atoms with Crippen LogP contribution in [0.15, 0.2) is 11.6 Å². The maximum atomic E-state index is 11.8. The van der Waals surface area contributed by atoms with E-state index in [1.807, 2.05) is 0 Å². The molecule has 0 aromatic heterocycles. The molecule has 0 saturated heterocycles. The SMILES string of the molecule is CCCCOC(=O)C(=CC1CCCC1)COC. The van der Waals surface area contributed by atoms with Crippen LogP contribution in [0.2, 0.25) is 0 Å². The number of carbonyl (C=O) groups excluding carboxylic acids is 1. The van der Waals surface area contributed by atoms with Crippen LogP contribution >= 0.6 is 0 Å². The topological polar surface area (TPSA) is 35.5 Å². The Labute approximate surface area is 104 Å². The van der Waals surface area contributed by atoms with Crippen LogP contribution in [0.4, 0.5) is 0 Å². The summed E-state index contributed by atoms with van der Waals surface area (Å²) >= 11 is 0. The number of hydrogen-bond acceptors (Lipinski definition) is 3. The highest BCUT2D eigenvalue weighted by Crippen LogP contribution is 2.27. The van der Waals surface area contributed by atoms with Crippen molar-refractivity contribution in [2.75, 3.05) is 20.3 Å². The Morgan fingerprint density at radius 3 is 2.65 bits per heavy atom. The van der Waals surface area contributed by atoms with Crippen molar-refractivity contribution in [2.24, 2.45) is 5.92 Å². The van der Waals surface area contributed by atoms with Crippen LogP contribution in [0.25, 0.3) is 0 Å². The number of allylic oxidation sites excluding steroid dienone is 1. The zero-order valence-corrected chi connectivity index (χ0v) is 11.0. The molecule has 0 spiro atoms. The lowest BCUT2D eigenvalue weighted by Gasteiger charge is -2.10. The molecule has 0 bridgehead atoms. The largest absolute Gasteiger partial charge is 0.462 e. The second-order valence-corrected chi connectivity index (χ2v) is 4.66. The highest BCUT2D eigenvalue weighted by molar-refractivity contribution is 5.88. The fourth-order valence-corrected chi connectivity index (χ4v) is 2.14. The molecule has 3 nitrogen and oxygen atoms in total. The van der Waals surface area contributed by atoms with Crippen LogP contribution in [0.3, 0.4) is 0 Å². The number of hydrogen-bond donors (Lipinski definition) is 0. The van der Waals surface area contributed by atoms with Gasteiger partial charge >= 0.3 is 5.97 Å². The molecule has 0 atom stereocenters. The van der Waals surface area contributed by atoms with Crippen molar-refractivity contribution < 1.29 is 14.3 Å². The summed E-state index contributed by atoms with van der Waals surface area (Å²) in [5.41, 5.74) is 0.690. The molecule has 98 valence electrons. The van der Waals surface area contributed by atoms with E-state index in [2.05, 4.69) is 13.0 Å². The van der Waals surface area contributed by atoms with Gasteiger partial charge in [0.25, 0.3) is 0 Å². The van der Waals surface area contributed by atoms with Crippen LogP contribution in [0.1, 0.15) is 45.4 Å². The Balaban J connectivity index is 2.47.